The van der Waals surface area contributed by atoms with Crippen molar-refractivity contribution in [1.82, 2.24) is 0 Å². The molecule has 6 heteroatoms. The van der Waals surface area contributed by atoms with Gasteiger partial charge in [0.1, 0.15) is 18.2 Å². The lowest BCUT2D eigenvalue weighted by Gasteiger charge is -2.08. The van der Waals surface area contributed by atoms with E-state index in [1.54, 1.807) is 0 Å². The maximum atomic E-state index is 13.1. The van der Waals surface area contributed by atoms with Gasteiger partial charge in [-0.05, 0) is 36.4 Å². The monoisotopic (exact) mass is 297 g/mol. The number of hydrogen-bond acceptors (Lipinski definition) is 3. The highest BCUT2D eigenvalue weighted by molar-refractivity contribution is 6.31. The molecule has 0 spiro atoms. The van der Waals surface area contributed by atoms with Crippen LogP contribution < -0.4 is 5.73 Å². The highest BCUT2D eigenvalue weighted by Gasteiger charge is 2.13. The number of nitrogen functional groups attached to an aromatic ring is 1. The second kappa shape index (κ2) is 5.88. The third kappa shape index (κ3) is 3.24. The van der Waals surface area contributed by atoms with Crippen LogP contribution in [0.2, 0.25) is 5.02 Å². The summed E-state index contributed by atoms with van der Waals surface area (Å²) in [6.45, 7) is -0.231. The van der Waals surface area contributed by atoms with E-state index < -0.39 is 17.6 Å². The maximum Gasteiger partial charge on any atom is 0.340 e. The van der Waals surface area contributed by atoms with Gasteiger partial charge in [-0.1, -0.05) is 11.6 Å². The smallest absolute Gasteiger partial charge is 0.340 e. The van der Waals surface area contributed by atoms with E-state index in [0.717, 1.165) is 18.2 Å². The summed E-state index contributed by atoms with van der Waals surface area (Å²) in [6.07, 6.45) is 0. The molecule has 0 aromatic heterocycles. The number of hydrogen-bond donors (Lipinski definition) is 1. The molecule has 104 valence electrons. The van der Waals surface area contributed by atoms with Gasteiger partial charge in [0, 0.05) is 16.3 Å². The van der Waals surface area contributed by atoms with E-state index in [0.29, 0.717) is 5.56 Å². The molecule has 0 fully saturated rings. The quantitative estimate of drug-likeness (QED) is 0.696. The average Bonchev–Trinajstić information content (AvgIpc) is 2.42. The van der Waals surface area contributed by atoms with E-state index in [1.165, 1.54) is 18.2 Å². The van der Waals surface area contributed by atoms with E-state index in [2.05, 4.69) is 0 Å². The first-order valence-electron chi connectivity index (χ1n) is 5.63. The Morgan fingerprint density at radius 1 is 1.15 bits per heavy atom. The summed E-state index contributed by atoms with van der Waals surface area (Å²) in [5.41, 5.74) is 5.89. The minimum absolute atomic E-state index is 0.0856. The summed E-state index contributed by atoms with van der Waals surface area (Å²) in [7, 11) is 0. The molecule has 0 unspecified atom stereocenters. The van der Waals surface area contributed by atoms with Gasteiger partial charge in [-0.25, -0.2) is 13.6 Å². The molecule has 0 heterocycles. The van der Waals surface area contributed by atoms with Crippen LogP contribution in [-0.4, -0.2) is 5.97 Å². The molecule has 20 heavy (non-hydrogen) atoms. The van der Waals surface area contributed by atoms with Crippen LogP contribution in [-0.2, 0) is 11.3 Å². The van der Waals surface area contributed by atoms with Gasteiger partial charge in [0.2, 0.25) is 0 Å². The fraction of sp³-hybridized carbons (Fsp3) is 0.0714. The molecule has 0 saturated carbocycles. The SMILES string of the molecule is Nc1ccc(F)cc1C(=O)OCc1cc(F)ccc1Cl. The van der Waals surface area contributed by atoms with Crippen LogP contribution in [0.4, 0.5) is 14.5 Å². The molecule has 2 N–H and O–H groups in total. The second-order valence-corrected chi connectivity index (χ2v) is 4.45. The van der Waals surface area contributed by atoms with Gasteiger partial charge in [0.25, 0.3) is 0 Å². The number of carbonyl (C=O) groups excluding carboxylic acids is 1. The summed E-state index contributed by atoms with van der Waals surface area (Å²) < 4.78 is 31.0. The van der Waals surface area contributed by atoms with Crippen molar-refractivity contribution in [2.75, 3.05) is 5.73 Å². The zero-order valence-electron chi connectivity index (χ0n) is 10.2. The normalized spacial score (nSPS) is 10.3. The van der Waals surface area contributed by atoms with Gasteiger partial charge in [0.15, 0.2) is 0 Å². The van der Waals surface area contributed by atoms with Gasteiger partial charge in [-0.3, -0.25) is 0 Å². The van der Waals surface area contributed by atoms with E-state index in [-0.39, 0.29) is 22.9 Å². The van der Waals surface area contributed by atoms with Gasteiger partial charge in [-0.2, -0.15) is 0 Å². The first kappa shape index (κ1) is 14.3. The van der Waals surface area contributed by atoms with Gasteiger partial charge in [0.05, 0.1) is 5.56 Å². The predicted molar refractivity (Wildman–Crippen MR) is 71.3 cm³/mol. The Labute approximate surface area is 118 Å². The Kier molecular flexibility index (Phi) is 4.20. The molecule has 0 aliphatic rings. The van der Waals surface area contributed by atoms with Crippen LogP contribution in [0.1, 0.15) is 15.9 Å². The minimum Gasteiger partial charge on any atom is -0.457 e. The fourth-order valence-electron chi connectivity index (χ4n) is 1.58. The molecule has 2 aromatic rings. The summed E-state index contributed by atoms with van der Waals surface area (Å²) in [4.78, 5) is 11.8. The first-order chi connectivity index (χ1) is 9.47. The van der Waals surface area contributed by atoms with Crippen LogP contribution in [0.3, 0.4) is 0 Å². The molecule has 0 bridgehead atoms. The lowest BCUT2D eigenvalue weighted by molar-refractivity contribution is 0.0473. The standard InChI is InChI=1S/C14H10ClF2NO2/c15-12-3-1-9(16)5-8(12)7-20-14(19)11-6-10(17)2-4-13(11)18/h1-6H,7,18H2. The van der Waals surface area contributed by atoms with Crippen LogP contribution in [0.15, 0.2) is 36.4 Å². The largest absolute Gasteiger partial charge is 0.457 e. The summed E-state index contributed by atoms with van der Waals surface area (Å²) in [6, 6.07) is 7.08. The van der Waals surface area contributed by atoms with Crippen molar-refractivity contribution in [3.8, 4) is 0 Å². The Morgan fingerprint density at radius 3 is 2.55 bits per heavy atom. The molecule has 2 aromatic carbocycles. The van der Waals surface area contributed by atoms with Crippen molar-refractivity contribution < 1.29 is 18.3 Å². The average molecular weight is 298 g/mol. The van der Waals surface area contributed by atoms with Crippen molar-refractivity contribution in [1.29, 1.82) is 0 Å². The molecule has 0 amide bonds. The van der Waals surface area contributed by atoms with Crippen molar-refractivity contribution >= 4 is 23.3 Å². The Balaban J connectivity index is 2.12. The third-order valence-electron chi connectivity index (χ3n) is 2.60. The Hall–Kier alpha value is -2.14. The zero-order valence-corrected chi connectivity index (χ0v) is 11.0. The molecule has 0 atom stereocenters. The minimum atomic E-state index is -0.803. The third-order valence-corrected chi connectivity index (χ3v) is 2.97. The lowest BCUT2D eigenvalue weighted by atomic mass is 10.2. The molecule has 2 rings (SSSR count). The van der Waals surface area contributed by atoms with Crippen molar-refractivity contribution in [3.05, 3.63) is 64.2 Å². The van der Waals surface area contributed by atoms with Crippen LogP contribution >= 0.6 is 11.6 Å². The number of rotatable bonds is 3. The van der Waals surface area contributed by atoms with Crippen LogP contribution in [0.5, 0.6) is 0 Å². The van der Waals surface area contributed by atoms with Crippen LogP contribution in [0.25, 0.3) is 0 Å². The van der Waals surface area contributed by atoms with Crippen molar-refractivity contribution in [2.24, 2.45) is 0 Å². The highest BCUT2D eigenvalue weighted by atomic mass is 35.5. The highest BCUT2D eigenvalue weighted by Crippen LogP contribution is 2.20. The number of nitrogens with two attached hydrogens (primary N) is 1. The lowest BCUT2D eigenvalue weighted by Crippen LogP contribution is -2.09. The van der Waals surface area contributed by atoms with E-state index in [1.807, 2.05) is 0 Å². The van der Waals surface area contributed by atoms with Gasteiger partial charge in [-0.15, -0.1) is 0 Å². The summed E-state index contributed by atoms with van der Waals surface area (Å²) in [5, 5.41) is 0.270. The molecular formula is C14H10ClF2NO2. The van der Waals surface area contributed by atoms with E-state index >= 15 is 0 Å². The van der Waals surface area contributed by atoms with Gasteiger partial charge < -0.3 is 10.5 Å². The molecular weight excluding hydrogens is 288 g/mol. The zero-order chi connectivity index (χ0) is 14.7. The van der Waals surface area contributed by atoms with E-state index in [9.17, 15) is 13.6 Å². The molecule has 0 radical (unpaired) electrons. The number of carbonyl (C=O) groups is 1. The first-order valence-corrected chi connectivity index (χ1v) is 6.01. The summed E-state index contributed by atoms with van der Waals surface area (Å²) in [5.74, 6) is -1.90. The maximum absolute atomic E-state index is 13.1. The molecule has 3 nitrogen and oxygen atoms in total. The second-order valence-electron chi connectivity index (χ2n) is 4.04. The Morgan fingerprint density at radius 2 is 1.80 bits per heavy atom. The fourth-order valence-corrected chi connectivity index (χ4v) is 1.75. The molecule has 0 aliphatic carbocycles. The topological polar surface area (TPSA) is 52.3 Å². The number of anilines is 1. The number of esters is 1. The van der Waals surface area contributed by atoms with Crippen LogP contribution in [0, 0.1) is 11.6 Å². The van der Waals surface area contributed by atoms with Gasteiger partial charge >= 0.3 is 5.97 Å². The van der Waals surface area contributed by atoms with E-state index in [4.69, 9.17) is 22.1 Å². The molecule has 0 saturated heterocycles. The molecule has 0 aliphatic heterocycles. The number of benzene rings is 2. The number of halogens is 3. The predicted octanol–water partition coefficient (Wildman–Crippen LogP) is 3.56. The number of ether oxygens (including phenoxy) is 1. The Bertz CT molecular complexity index is 662. The van der Waals surface area contributed by atoms with Crippen molar-refractivity contribution in [3.63, 3.8) is 0 Å². The van der Waals surface area contributed by atoms with Crippen molar-refractivity contribution in [2.45, 2.75) is 6.61 Å². The summed E-state index contributed by atoms with van der Waals surface area (Å²) >= 11 is 5.84.